The van der Waals surface area contributed by atoms with Crippen LogP contribution in [0.2, 0.25) is 0 Å². The molecule has 1 aromatic carbocycles. The molecule has 1 aromatic rings. The number of hydrogen-bond donors (Lipinski definition) is 3. The quantitative estimate of drug-likeness (QED) is 0.623. The summed E-state index contributed by atoms with van der Waals surface area (Å²) in [4.78, 5) is 12.6. The first kappa shape index (κ1) is 19.3. The number of halogens is 1. The minimum atomic E-state index is -3.54. The van der Waals surface area contributed by atoms with Crippen molar-refractivity contribution in [2.24, 2.45) is 5.92 Å². The number of hydrogen-bond acceptors (Lipinski definition) is 5. The van der Waals surface area contributed by atoms with Crippen molar-refractivity contribution in [2.45, 2.75) is 35.7 Å². The normalized spacial score (nSPS) is 24.5. The molecular weight excluding hydrogens is 396 g/mol. The number of nitrogens with zero attached hydrogens (tertiary/aromatic N) is 1. The molecule has 1 amide bonds. The molecule has 0 saturated carbocycles. The summed E-state index contributed by atoms with van der Waals surface area (Å²) in [7, 11) is -0.603. The third-order valence-electron chi connectivity index (χ3n) is 3.95. The Labute approximate surface area is 151 Å². The first-order valence-corrected chi connectivity index (χ1v) is 9.98. The van der Waals surface area contributed by atoms with Gasteiger partial charge in [0, 0.05) is 25.8 Å². The van der Waals surface area contributed by atoms with E-state index >= 15 is 0 Å². The second-order valence-electron chi connectivity index (χ2n) is 6.29. The standard InChI is InChI=1S/C15H23BrN4O3S/c1-9(2)13-12(16)14(19-18-13)15(21)17-10-6-5-7-11(8-10)24(22,23)20(3)4/h5-9,12-14,18-19H,1-4H3,(H,17,21). The summed E-state index contributed by atoms with van der Waals surface area (Å²) >= 11 is 3.56. The molecule has 1 fully saturated rings. The van der Waals surface area contributed by atoms with E-state index in [1.165, 1.54) is 26.2 Å². The van der Waals surface area contributed by atoms with E-state index in [1.807, 2.05) is 0 Å². The summed E-state index contributed by atoms with van der Waals surface area (Å²) in [6, 6.07) is 5.90. The van der Waals surface area contributed by atoms with E-state index in [4.69, 9.17) is 0 Å². The van der Waals surface area contributed by atoms with E-state index < -0.39 is 16.1 Å². The molecule has 134 valence electrons. The molecule has 0 radical (unpaired) electrons. The molecule has 3 unspecified atom stereocenters. The van der Waals surface area contributed by atoms with E-state index in [0.717, 1.165) is 4.31 Å². The van der Waals surface area contributed by atoms with Gasteiger partial charge in [-0.15, -0.1) is 0 Å². The van der Waals surface area contributed by atoms with E-state index in [1.54, 1.807) is 12.1 Å². The van der Waals surface area contributed by atoms with Gasteiger partial charge in [0.15, 0.2) is 0 Å². The number of nitrogens with one attached hydrogen (secondary N) is 3. The van der Waals surface area contributed by atoms with Crippen LogP contribution in [0.1, 0.15) is 13.8 Å². The van der Waals surface area contributed by atoms with Crippen molar-refractivity contribution in [3.63, 3.8) is 0 Å². The third-order valence-corrected chi connectivity index (χ3v) is 6.86. The first-order chi connectivity index (χ1) is 11.1. The average molecular weight is 419 g/mol. The molecular formula is C15H23BrN4O3S. The van der Waals surface area contributed by atoms with Crippen LogP contribution < -0.4 is 16.2 Å². The highest BCUT2D eigenvalue weighted by Gasteiger charge is 2.39. The fourth-order valence-electron chi connectivity index (χ4n) is 2.46. The number of sulfonamides is 1. The van der Waals surface area contributed by atoms with Crippen LogP contribution >= 0.6 is 15.9 Å². The fraction of sp³-hybridized carbons (Fsp3) is 0.533. The Bertz CT molecular complexity index is 708. The van der Waals surface area contributed by atoms with Gasteiger partial charge in [0.2, 0.25) is 15.9 Å². The zero-order chi connectivity index (χ0) is 18.1. The lowest BCUT2D eigenvalue weighted by Crippen LogP contribution is -2.42. The molecule has 0 spiro atoms. The first-order valence-electron chi connectivity index (χ1n) is 7.63. The maximum absolute atomic E-state index is 12.5. The molecule has 7 nitrogen and oxygen atoms in total. The van der Waals surface area contributed by atoms with Crippen LogP contribution in [0.25, 0.3) is 0 Å². The molecule has 0 bridgehead atoms. The van der Waals surface area contributed by atoms with Crippen molar-refractivity contribution in [1.29, 1.82) is 0 Å². The van der Waals surface area contributed by atoms with Gasteiger partial charge in [-0.2, -0.15) is 0 Å². The van der Waals surface area contributed by atoms with E-state index in [0.29, 0.717) is 11.6 Å². The molecule has 1 aliphatic rings. The summed E-state index contributed by atoms with van der Waals surface area (Å²) in [5, 5.41) is 2.77. The van der Waals surface area contributed by atoms with Crippen LogP contribution in [0.3, 0.4) is 0 Å². The van der Waals surface area contributed by atoms with E-state index in [9.17, 15) is 13.2 Å². The van der Waals surface area contributed by atoms with Crippen molar-refractivity contribution in [2.75, 3.05) is 19.4 Å². The Morgan fingerprint density at radius 3 is 2.50 bits per heavy atom. The number of anilines is 1. The minimum Gasteiger partial charge on any atom is -0.325 e. The van der Waals surface area contributed by atoms with Gasteiger partial charge < -0.3 is 5.32 Å². The van der Waals surface area contributed by atoms with Gasteiger partial charge in [0.05, 0.1) is 9.72 Å². The average Bonchev–Trinajstić information content (AvgIpc) is 2.89. The summed E-state index contributed by atoms with van der Waals surface area (Å²) in [6.45, 7) is 4.15. The van der Waals surface area contributed by atoms with Crippen LogP contribution in [0.5, 0.6) is 0 Å². The van der Waals surface area contributed by atoms with Crippen molar-refractivity contribution in [3.05, 3.63) is 24.3 Å². The zero-order valence-electron chi connectivity index (χ0n) is 14.1. The van der Waals surface area contributed by atoms with Crippen LogP contribution in [-0.4, -0.2) is 49.6 Å². The Balaban J connectivity index is 2.14. The summed E-state index contributed by atoms with van der Waals surface area (Å²) < 4.78 is 25.5. The van der Waals surface area contributed by atoms with E-state index in [-0.39, 0.29) is 21.7 Å². The van der Waals surface area contributed by atoms with Crippen molar-refractivity contribution in [3.8, 4) is 0 Å². The minimum absolute atomic E-state index is 0.0637. The summed E-state index contributed by atoms with van der Waals surface area (Å²) in [5.41, 5.74) is 6.54. The number of benzene rings is 1. The predicted octanol–water partition coefficient (Wildman–Crippen LogP) is 1.14. The molecule has 0 aromatic heterocycles. The topological polar surface area (TPSA) is 90.5 Å². The highest BCUT2D eigenvalue weighted by atomic mass is 79.9. The van der Waals surface area contributed by atoms with Crippen LogP contribution in [0, 0.1) is 5.92 Å². The van der Waals surface area contributed by atoms with Crippen molar-refractivity contribution in [1.82, 2.24) is 15.2 Å². The lowest BCUT2D eigenvalue weighted by atomic mass is 9.99. The van der Waals surface area contributed by atoms with Gasteiger partial charge in [-0.25, -0.2) is 18.1 Å². The summed E-state index contributed by atoms with van der Waals surface area (Å²) in [6.07, 6.45) is 0. The van der Waals surface area contributed by atoms with Crippen molar-refractivity contribution < 1.29 is 13.2 Å². The number of carbonyl (C=O) groups excluding carboxylic acids is 1. The molecule has 3 N–H and O–H groups in total. The van der Waals surface area contributed by atoms with Gasteiger partial charge in [-0.3, -0.25) is 10.2 Å². The largest absolute Gasteiger partial charge is 0.325 e. The number of hydrazine groups is 1. The van der Waals surface area contributed by atoms with Gasteiger partial charge >= 0.3 is 0 Å². The molecule has 1 heterocycles. The molecule has 2 rings (SSSR count). The van der Waals surface area contributed by atoms with Crippen LogP contribution in [0.4, 0.5) is 5.69 Å². The number of carbonyl (C=O) groups is 1. The molecule has 1 saturated heterocycles. The van der Waals surface area contributed by atoms with Crippen LogP contribution in [-0.2, 0) is 14.8 Å². The lowest BCUT2D eigenvalue weighted by molar-refractivity contribution is -0.117. The maximum Gasteiger partial charge on any atom is 0.244 e. The molecule has 3 atom stereocenters. The molecule has 24 heavy (non-hydrogen) atoms. The monoisotopic (exact) mass is 418 g/mol. The highest BCUT2D eigenvalue weighted by molar-refractivity contribution is 9.09. The number of rotatable bonds is 5. The Hall–Kier alpha value is -1.00. The third kappa shape index (κ3) is 3.97. The Morgan fingerprint density at radius 1 is 1.29 bits per heavy atom. The zero-order valence-corrected chi connectivity index (χ0v) is 16.5. The predicted molar refractivity (Wildman–Crippen MR) is 97.3 cm³/mol. The SMILES string of the molecule is CC(C)C1NNC(C(=O)Nc2cccc(S(=O)(=O)N(C)C)c2)C1Br. The molecule has 9 heteroatoms. The molecule has 1 aliphatic heterocycles. The number of amides is 1. The van der Waals surface area contributed by atoms with Crippen LogP contribution in [0.15, 0.2) is 29.2 Å². The lowest BCUT2D eigenvalue weighted by Gasteiger charge is -2.19. The fourth-order valence-corrected chi connectivity index (χ4v) is 4.53. The van der Waals surface area contributed by atoms with Gasteiger partial charge in [-0.1, -0.05) is 35.8 Å². The van der Waals surface area contributed by atoms with Crippen molar-refractivity contribution >= 4 is 37.5 Å². The molecule has 0 aliphatic carbocycles. The van der Waals surface area contributed by atoms with Gasteiger partial charge in [-0.05, 0) is 24.1 Å². The van der Waals surface area contributed by atoms with E-state index in [2.05, 4.69) is 45.9 Å². The highest BCUT2D eigenvalue weighted by Crippen LogP contribution is 2.23. The second kappa shape index (κ2) is 7.49. The smallest absolute Gasteiger partial charge is 0.244 e. The Morgan fingerprint density at radius 2 is 1.96 bits per heavy atom. The van der Waals surface area contributed by atoms with Gasteiger partial charge in [0.25, 0.3) is 0 Å². The summed E-state index contributed by atoms with van der Waals surface area (Å²) in [5.74, 6) is 0.125. The second-order valence-corrected chi connectivity index (χ2v) is 9.49. The maximum atomic E-state index is 12.5. The number of alkyl halides is 1. The van der Waals surface area contributed by atoms with Gasteiger partial charge in [0.1, 0.15) is 6.04 Å². The Kier molecular flexibility index (Phi) is 6.03.